The second kappa shape index (κ2) is 4.99. The molecule has 1 atom stereocenters. The first-order valence-electron chi connectivity index (χ1n) is 4.47. The van der Waals surface area contributed by atoms with E-state index in [9.17, 15) is 4.21 Å². The first-order chi connectivity index (χ1) is 6.89. The van der Waals surface area contributed by atoms with Gasteiger partial charge in [0.15, 0.2) is 0 Å². The lowest BCUT2D eigenvalue weighted by Crippen LogP contribution is -2.19. The Morgan fingerprint density at radius 3 is 2.73 bits per heavy atom. The Hall–Kier alpha value is -0.550. The molecule has 0 bridgehead atoms. The lowest BCUT2D eigenvalue weighted by Gasteiger charge is -2.12. The Bertz CT molecular complexity index is 399. The zero-order valence-corrected chi connectivity index (χ0v) is 11.3. The molecule has 0 amide bonds. The van der Waals surface area contributed by atoms with Crippen LogP contribution in [0.2, 0.25) is 0 Å². The predicted octanol–water partition coefficient (Wildman–Crippen LogP) is 2.73. The Labute approximate surface area is 101 Å². The highest BCUT2D eigenvalue weighted by molar-refractivity contribution is 9.10. The highest BCUT2D eigenvalue weighted by Gasteiger charge is 2.17. The Kier molecular flexibility index (Phi) is 4.16. The van der Waals surface area contributed by atoms with Crippen molar-refractivity contribution < 1.29 is 4.21 Å². The Balaban J connectivity index is 2.79. The molecule has 1 aromatic heterocycles. The molecule has 3 nitrogen and oxygen atoms in total. The smallest absolute Gasteiger partial charge is 0.144 e. The van der Waals surface area contributed by atoms with Crippen molar-refractivity contribution in [2.75, 3.05) is 0 Å². The first-order valence-corrected chi connectivity index (χ1v) is 6.37. The van der Waals surface area contributed by atoms with Gasteiger partial charge in [-0.25, -0.2) is 9.19 Å². The highest BCUT2D eigenvalue weighted by Crippen LogP contribution is 2.12. The van der Waals surface area contributed by atoms with Crippen LogP contribution in [0.25, 0.3) is 0 Å². The second-order valence-electron chi connectivity index (χ2n) is 4.01. The van der Waals surface area contributed by atoms with Crippen LogP contribution in [0, 0.1) is 0 Å². The quantitative estimate of drug-likeness (QED) is 0.620. The first kappa shape index (κ1) is 12.5. The van der Waals surface area contributed by atoms with Gasteiger partial charge in [-0.2, -0.15) is 4.40 Å². The summed E-state index contributed by atoms with van der Waals surface area (Å²) in [6, 6.07) is 3.64. The third-order valence-electron chi connectivity index (χ3n) is 1.57. The highest BCUT2D eigenvalue weighted by atomic mass is 79.9. The van der Waals surface area contributed by atoms with E-state index >= 15 is 0 Å². The molecule has 0 aliphatic heterocycles. The van der Waals surface area contributed by atoms with Gasteiger partial charge in [0.05, 0.1) is 4.75 Å². The average molecular weight is 289 g/mol. The number of hydrogen-bond acceptors (Lipinski definition) is 2. The Morgan fingerprint density at radius 1 is 1.53 bits per heavy atom. The zero-order valence-electron chi connectivity index (χ0n) is 8.90. The summed E-state index contributed by atoms with van der Waals surface area (Å²) in [6.45, 7) is 5.68. The van der Waals surface area contributed by atoms with E-state index in [0.717, 1.165) is 10.2 Å². The van der Waals surface area contributed by atoms with Gasteiger partial charge < -0.3 is 0 Å². The maximum Gasteiger partial charge on any atom is 0.144 e. The largest absolute Gasteiger partial charge is 0.249 e. The molecule has 0 radical (unpaired) electrons. The van der Waals surface area contributed by atoms with E-state index in [1.54, 1.807) is 12.4 Å². The fourth-order valence-electron chi connectivity index (χ4n) is 0.765. The number of nitrogens with zero attached hydrogens (tertiary/aromatic N) is 2. The summed E-state index contributed by atoms with van der Waals surface area (Å²) in [6.07, 6.45) is 3.28. The minimum absolute atomic E-state index is 0.319. The molecule has 0 spiro atoms. The minimum atomic E-state index is -1.21. The topological polar surface area (TPSA) is 42.3 Å². The van der Waals surface area contributed by atoms with E-state index in [1.807, 2.05) is 32.9 Å². The summed E-state index contributed by atoms with van der Waals surface area (Å²) < 4.78 is 16.0. The molecule has 1 heterocycles. The number of hydrogen-bond donors (Lipinski definition) is 0. The molecule has 1 rings (SSSR count). The van der Waals surface area contributed by atoms with Crippen LogP contribution in [0.4, 0.5) is 0 Å². The van der Waals surface area contributed by atoms with Crippen LogP contribution < -0.4 is 0 Å². The Morgan fingerprint density at radius 2 is 2.20 bits per heavy atom. The van der Waals surface area contributed by atoms with Gasteiger partial charge in [-0.05, 0) is 54.4 Å². The molecule has 0 aliphatic carbocycles. The fraction of sp³-hybridized carbons (Fsp3) is 0.400. The summed E-state index contributed by atoms with van der Waals surface area (Å²) in [7, 11) is -1.21. The van der Waals surface area contributed by atoms with Crippen molar-refractivity contribution in [3.63, 3.8) is 0 Å². The fourth-order valence-corrected chi connectivity index (χ4v) is 1.68. The number of pyridine rings is 1. The van der Waals surface area contributed by atoms with Gasteiger partial charge in [0.2, 0.25) is 0 Å². The van der Waals surface area contributed by atoms with Crippen molar-refractivity contribution in [2.45, 2.75) is 25.5 Å². The number of aromatic nitrogens is 1. The van der Waals surface area contributed by atoms with Gasteiger partial charge in [0.1, 0.15) is 15.6 Å². The summed E-state index contributed by atoms with van der Waals surface area (Å²) in [5.74, 6) is 0. The summed E-state index contributed by atoms with van der Waals surface area (Å²) >= 11 is 3.26. The third kappa shape index (κ3) is 4.22. The van der Waals surface area contributed by atoms with Crippen LogP contribution >= 0.6 is 15.9 Å². The van der Waals surface area contributed by atoms with Gasteiger partial charge in [-0.15, -0.1) is 0 Å². The van der Waals surface area contributed by atoms with Gasteiger partial charge in [0.25, 0.3) is 0 Å². The van der Waals surface area contributed by atoms with Crippen molar-refractivity contribution in [3.05, 3.63) is 28.5 Å². The molecule has 82 valence electrons. The molecular weight excluding hydrogens is 276 g/mol. The number of rotatable bonds is 2. The molecule has 0 aromatic carbocycles. The van der Waals surface area contributed by atoms with E-state index in [1.165, 1.54) is 0 Å². The SMILES string of the molecule is CC(C)(C)[S@](=O)/N=C/c1ccnc(Br)c1. The molecule has 0 saturated carbocycles. The summed E-state index contributed by atoms with van der Waals surface area (Å²) in [4.78, 5) is 3.99. The van der Waals surface area contributed by atoms with E-state index in [2.05, 4.69) is 25.3 Å². The monoisotopic (exact) mass is 288 g/mol. The molecule has 0 saturated heterocycles. The van der Waals surface area contributed by atoms with Gasteiger partial charge >= 0.3 is 0 Å². The average Bonchev–Trinajstić information content (AvgIpc) is 2.12. The van der Waals surface area contributed by atoms with Crippen LogP contribution in [0.5, 0.6) is 0 Å². The van der Waals surface area contributed by atoms with Crippen molar-refractivity contribution in [1.82, 2.24) is 4.98 Å². The molecule has 1 aromatic rings. The van der Waals surface area contributed by atoms with Crippen LogP contribution in [-0.4, -0.2) is 20.2 Å². The summed E-state index contributed by atoms with van der Waals surface area (Å²) in [5, 5.41) is 0. The van der Waals surface area contributed by atoms with E-state index in [4.69, 9.17) is 0 Å². The molecule has 15 heavy (non-hydrogen) atoms. The summed E-state index contributed by atoms with van der Waals surface area (Å²) in [5.41, 5.74) is 0.884. The van der Waals surface area contributed by atoms with Crippen LogP contribution in [-0.2, 0) is 11.0 Å². The lowest BCUT2D eigenvalue weighted by molar-refractivity contribution is 0.651. The van der Waals surface area contributed by atoms with Gasteiger partial charge in [-0.3, -0.25) is 0 Å². The predicted molar refractivity (Wildman–Crippen MR) is 67.4 cm³/mol. The molecule has 0 unspecified atom stereocenters. The van der Waals surface area contributed by atoms with Crippen LogP contribution in [0.15, 0.2) is 27.3 Å². The van der Waals surface area contributed by atoms with Crippen molar-refractivity contribution in [2.24, 2.45) is 4.40 Å². The van der Waals surface area contributed by atoms with E-state index in [0.29, 0.717) is 0 Å². The van der Waals surface area contributed by atoms with Gasteiger partial charge in [0, 0.05) is 12.4 Å². The van der Waals surface area contributed by atoms with E-state index in [-0.39, 0.29) is 4.75 Å². The second-order valence-corrected chi connectivity index (χ2v) is 6.75. The molecule has 0 fully saturated rings. The zero-order chi connectivity index (χ0) is 11.5. The van der Waals surface area contributed by atoms with Crippen LogP contribution in [0.1, 0.15) is 26.3 Å². The molecular formula is C10H13BrN2OS. The molecule has 0 N–H and O–H groups in total. The van der Waals surface area contributed by atoms with Crippen LogP contribution in [0.3, 0.4) is 0 Å². The third-order valence-corrected chi connectivity index (χ3v) is 3.35. The normalized spacial score (nSPS) is 14.4. The molecule has 5 heteroatoms. The van der Waals surface area contributed by atoms with Crippen molar-refractivity contribution in [3.8, 4) is 0 Å². The van der Waals surface area contributed by atoms with Gasteiger partial charge in [-0.1, -0.05) is 0 Å². The van der Waals surface area contributed by atoms with E-state index < -0.39 is 11.0 Å². The number of halogens is 1. The lowest BCUT2D eigenvalue weighted by atomic mass is 10.3. The standard InChI is InChI=1S/C10H13BrN2OS/c1-10(2,3)15(14)13-7-8-4-5-12-9(11)6-8/h4-7H,1-3H3/b13-7+/t15-/m0/s1. The maximum absolute atomic E-state index is 11.6. The van der Waals surface area contributed by atoms with Crippen molar-refractivity contribution in [1.29, 1.82) is 0 Å². The van der Waals surface area contributed by atoms with Crippen molar-refractivity contribution >= 4 is 33.1 Å². The molecule has 0 aliphatic rings. The minimum Gasteiger partial charge on any atom is -0.249 e. The maximum atomic E-state index is 11.6.